The SMILES string of the molecule is Cn1nnnc1SCC(=O)Nc1ccc(C(=O)Nc2ccc(-c3cn4ccsc4n3)cc2)cc1. The fraction of sp³-hybridized carbons (Fsp3) is 0.0909. The molecule has 0 aliphatic carbocycles. The fourth-order valence-corrected chi connectivity index (χ4v) is 4.52. The number of amides is 2. The lowest BCUT2D eigenvalue weighted by molar-refractivity contribution is -0.113. The quantitative estimate of drug-likeness (QED) is 0.335. The largest absolute Gasteiger partial charge is 0.325 e. The number of imidazole rings is 1. The Kier molecular flexibility index (Phi) is 6.06. The van der Waals surface area contributed by atoms with E-state index in [-0.39, 0.29) is 17.6 Å². The van der Waals surface area contributed by atoms with Crippen molar-refractivity contribution in [2.45, 2.75) is 5.16 Å². The summed E-state index contributed by atoms with van der Waals surface area (Å²) in [6.45, 7) is 0. The van der Waals surface area contributed by atoms with Gasteiger partial charge in [-0.2, -0.15) is 0 Å². The molecule has 170 valence electrons. The summed E-state index contributed by atoms with van der Waals surface area (Å²) in [6.07, 6.45) is 3.95. The van der Waals surface area contributed by atoms with Crippen LogP contribution in [-0.2, 0) is 11.8 Å². The van der Waals surface area contributed by atoms with E-state index >= 15 is 0 Å². The second-order valence-electron chi connectivity index (χ2n) is 7.25. The summed E-state index contributed by atoms with van der Waals surface area (Å²) in [5.41, 5.74) is 3.62. The van der Waals surface area contributed by atoms with E-state index in [2.05, 4.69) is 31.1 Å². The zero-order valence-electron chi connectivity index (χ0n) is 17.9. The lowest BCUT2D eigenvalue weighted by atomic mass is 10.1. The number of fused-ring (bicyclic) bond motifs is 1. The molecule has 2 aromatic carbocycles. The van der Waals surface area contributed by atoms with E-state index in [9.17, 15) is 9.59 Å². The molecule has 0 spiro atoms. The highest BCUT2D eigenvalue weighted by atomic mass is 32.2. The Labute approximate surface area is 202 Å². The van der Waals surface area contributed by atoms with Crippen LogP contribution in [0.5, 0.6) is 0 Å². The van der Waals surface area contributed by atoms with Gasteiger partial charge in [-0.1, -0.05) is 23.9 Å². The predicted octanol–water partition coefficient (Wildman–Crippen LogP) is 3.57. The van der Waals surface area contributed by atoms with Crippen molar-refractivity contribution in [2.75, 3.05) is 16.4 Å². The van der Waals surface area contributed by atoms with Crippen molar-refractivity contribution in [3.63, 3.8) is 0 Å². The van der Waals surface area contributed by atoms with E-state index in [1.54, 1.807) is 42.6 Å². The first-order chi connectivity index (χ1) is 16.5. The van der Waals surface area contributed by atoms with Crippen LogP contribution in [0.4, 0.5) is 11.4 Å². The van der Waals surface area contributed by atoms with Crippen LogP contribution in [0.15, 0.2) is 71.5 Å². The van der Waals surface area contributed by atoms with Crippen LogP contribution < -0.4 is 10.6 Å². The van der Waals surface area contributed by atoms with E-state index in [0.29, 0.717) is 22.1 Å². The van der Waals surface area contributed by atoms with Gasteiger partial charge in [0.05, 0.1) is 11.4 Å². The van der Waals surface area contributed by atoms with E-state index < -0.39 is 0 Å². The molecule has 0 fully saturated rings. The standard InChI is InChI=1S/C22H18N8O2S2/c1-29-22(26-27-28-29)34-13-19(31)23-16-8-4-15(5-9-16)20(32)24-17-6-2-14(3-7-17)18-12-30-10-11-33-21(30)25-18/h2-12H,13H2,1H3,(H,23,31)(H,24,32). The Morgan fingerprint density at radius 3 is 2.47 bits per heavy atom. The average Bonchev–Trinajstić information content (AvgIpc) is 3.55. The Morgan fingerprint density at radius 1 is 1.03 bits per heavy atom. The number of rotatable bonds is 7. The van der Waals surface area contributed by atoms with Crippen molar-refractivity contribution in [3.8, 4) is 11.3 Å². The van der Waals surface area contributed by atoms with Gasteiger partial charge in [0.25, 0.3) is 5.91 Å². The van der Waals surface area contributed by atoms with Crippen LogP contribution in [0.25, 0.3) is 16.2 Å². The van der Waals surface area contributed by atoms with Gasteiger partial charge in [-0.3, -0.25) is 14.0 Å². The molecule has 10 nitrogen and oxygen atoms in total. The number of tetrazole rings is 1. The van der Waals surface area contributed by atoms with Gasteiger partial charge in [-0.25, -0.2) is 9.67 Å². The van der Waals surface area contributed by atoms with Crippen LogP contribution in [0.3, 0.4) is 0 Å². The lowest BCUT2D eigenvalue weighted by Gasteiger charge is -2.08. The minimum absolute atomic E-state index is 0.170. The number of nitrogens with zero attached hydrogens (tertiary/aromatic N) is 6. The summed E-state index contributed by atoms with van der Waals surface area (Å²) in [5, 5.41) is 19.3. The summed E-state index contributed by atoms with van der Waals surface area (Å²) >= 11 is 2.82. The molecule has 0 aliphatic heterocycles. The molecular weight excluding hydrogens is 472 g/mol. The third-order valence-corrected chi connectivity index (χ3v) is 6.66. The molecule has 0 saturated carbocycles. The van der Waals surface area contributed by atoms with Crippen LogP contribution in [0.1, 0.15) is 10.4 Å². The van der Waals surface area contributed by atoms with Crippen molar-refractivity contribution in [3.05, 3.63) is 71.9 Å². The van der Waals surface area contributed by atoms with Crippen LogP contribution in [0.2, 0.25) is 0 Å². The molecule has 0 radical (unpaired) electrons. The zero-order chi connectivity index (χ0) is 23.5. The highest BCUT2D eigenvalue weighted by molar-refractivity contribution is 7.99. The van der Waals surface area contributed by atoms with Gasteiger partial charge < -0.3 is 10.6 Å². The molecule has 3 heterocycles. The number of hydrogen-bond donors (Lipinski definition) is 2. The molecule has 0 aliphatic rings. The zero-order valence-corrected chi connectivity index (χ0v) is 19.5. The summed E-state index contributed by atoms with van der Waals surface area (Å²) < 4.78 is 3.48. The van der Waals surface area contributed by atoms with Gasteiger partial charge in [0.15, 0.2) is 4.96 Å². The molecule has 34 heavy (non-hydrogen) atoms. The Hall–Kier alpha value is -4.03. The molecule has 5 rings (SSSR count). The van der Waals surface area contributed by atoms with E-state index in [0.717, 1.165) is 16.2 Å². The van der Waals surface area contributed by atoms with Crippen molar-refractivity contribution in [1.82, 2.24) is 29.6 Å². The Balaban J connectivity index is 1.16. The highest BCUT2D eigenvalue weighted by Gasteiger charge is 2.11. The molecular formula is C22H18N8O2S2. The number of nitrogens with one attached hydrogen (secondary N) is 2. The minimum Gasteiger partial charge on any atom is -0.325 e. The molecule has 0 saturated heterocycles. The lowest BCUT2D eigenvalue weighted by Crippen LogP contribution is -2.15. The highest BCUT2D eigenvalue weighted by Crippen LogP contribution is 2.23. The molecule has 0 unspecified atom stereocenters. The minimum atomic E-state index is -0.238. The number of carbonyl (C=O) groups is 2. The molecule has 0 atom stereocenters. The number of hydrogen-bond acceptors (Lipinski definition) is 8. The molecule has 2 amide bonds. The predicted molar refractivity (Wildman–Crippen MR) is 131 cm³/mol. The monoisotopic (exact) mass is 490 g/mol. The van der Waals surface area contributed by atoms with Crippen molar-refractivity contribution >= 4 is 51.2 Å². The van der Waals surface area contributed by atoms with Crippen LogP contribution in [-0.4, -0.2) is 47.2 Å². The van der Waals surface area contributed by atoms with Crippen LogP contribution in [0, 0.1) is 0 Å². The topological polar surface area (TPSA) is 119 Å². The first-order valence-electron chi connectivity index (χ1n) is 10.1. The average molecular weight is 491 g/mol. The van der Waals surface area contributed by atoms with E-state index in [1.165, 1.54) is 16.4 Å². The second kappa shape index (κ2) is 9.45. The Bertz CT molecular complexity index is 1430. The first-order valence-corrected chi connectivity index (χ1v) is 12.0. The maximum absolute atomic E-state index is 12.6. The number of thioether (sulfide) groups is 1. The molecule has 2 N–H and O–H groups in total. The number of carbonyl (C=O) groups excluding carboxylic acids is 2. The molecule has 12 heteroatoms. The molecule has 0 bridgehead atoms. The molecule has 3 aromatic heterocycles. The number of thiazole rings is 1. The fourth-order valence-electron chi connectivity index (χ4n) is 3.17. The van der Waals surface area contributed by atoms with Gasteiger partial charge in [0.2, 0.25) is 11.1 Å². The van der Waals surface area contributed by atoms with Gasteiger partial charge in [-0.05, 0) is 46.8 Å². The first kappa shape index (κ1) is 21.8. The third kappa shape index (κ3) is 4.82. The maximum atomic E-state index is 12.6. The molecule has 5 aromatic rings. The van der Waals surface area contributed by atoms with Crippen LogP contribution >= 0.6 is 23.1 Å². The van der Waals surface area contributed by atoms with Crippen molar-refractivity contribution in [2.24, 2.45) is 7.05 Å². The van der Waals surface area contributed by atoms with Gasteiger partial charge in [-0.15, -0.1) is 16.4 Å². The summed E-state index contributed by atoms with van der Waals surface area (Å²) in [6, 6.07) is 14.3. The number of aromatic nitrogens is 6. The third-order valence-electron chi connectivity index (χ3n) is 4.88. The normalized spacial score (nSPS) is 11.0. The summed E-state index contributed by atoms with van der Waals surface area (Å²) in [5.74, 6) is -0.259. The van der Waals surface area contributed by atoms with Crippen molar-refractivity contribution < 1.29 is 9.59 Å². The van der Waals surface area contributed by atoms with Gasteiger partial charge in [0, 0.05) is 47.3 Å². The van der Waals surface area contributed by atoms with E-state index in [1.807, 2.05) is 46.4 Å². The van der Waals surface area contributed by atoms with Gasteiger partial charge in [0.1, 0.15) is 0 Å². The smallest absolute Gasteiger partial charge is 0.255 e. The van der Waals surface area contributed by atoms with Crippen molar-refractivity contribution in [1.29, 1.82) is 0 Å². The Morgan fingerprint density at radius 2 is 1.76 bits per heavy atom. The number of benzene rings is 2. The summed E-state index contributed by atoms with van der Waals surface area (Å²) in [4.78, 5) is 30.3. The number of anilines is 2. The summed E-state index contributed by atoms with van der Waals surface area (Å²) in [7, 11) is 1.71. The second-order valence-corrected chi connectivity index (χ2v) is 9.07. The number of aryl methyl sites for hydroxylation is 1. The van der Waals surface area contributed by atoms with E-state index in [4.69, 9.17) is 0 Å². The van der Waals surface area contributed by atoms with Gasteiger partial charge >= 0.3 is 0 Å². The maximum Gasteiger partial charge on any atom is 0.255 e.